The fourth-order valence-corrected chi connectivity index (χ4v) is 4.36. The number of amides is 2. The molecular formula is C29H28N4O4. The molecule has 0 aliphatic heterocycles. The van der Waals surface area contributed by atoms with Crippen molar-refractivity contribution in [2.45, 2.75) is 32.4 Å². The number of hydrogen-bond acceptors (Lipinski definition) is 5. The van der Waals surface area contributed by atoms with E-state index in [-0.39, 0.29) is 30.2 Å². The summed E-state index contributed by atoms with van der Waals surface area (Å²) in [5.41, 5.74) is 3.70. The van der Waals surface area contributed by atoms with Gasteiger partial charge in [0.05, 0.1) is 5.52 Å². The van der Waals surface area contributed by atoms with Crippen LogP contribution < -0.4 is 10.6 Å². The summed E-state index contributed by atoms with van der Waals surface area (Å²) in [5, 5.41) is 6.46. The molecule has 1 fully saturated rings. The molecule has 2 N–H and O–H groups in total. The second kappa shape index (κ2) is 10.3. The van der Waals surface area contributed by atoms with Gasteiger partial charge in [-0.3, -0.25) is 14.2 Å². The molecule has 188 valence electrons. The number of carbonyl (C=O) groups excluding carboxylic acids is 3. The van der Waals surface area contributed by atoms with Crippen molar-refractivity contribution in [3.8, 4) is 0 Å². The molecule has 5 rings (SSSR count). The second-order valence-corrected chi connectivity index (χ2v) is 9.36. The predicted octanol–water partition coefficient (Wildman–Crippen LogP) is 4.31. The Morgan fingerprint density at radius 3 is 2.54 bits per heavy atom. The number of fused-ring (bicyclic) bond motifs is 1. The van der Waals surface area contributed by atoms with Crippen molar-refractivity contribution in [1.82, 2.24) is 20.2 Å². The number of aromatic nitrogens is 2. The summed E-state index contributed by atoms with van der Waals surface area (Å²) in [6.07, 6.45) is 2.55. The Labute approximate surface area is 214 Å². The maximum absolute atomic E-state index is 12.8. The van der Waals surface area contributed by atoms with Crippen LogP contribution in [-0.2, 0) is 17.8 Å². The number of carbonyl (C=O) groups is 3. The number of ether oxygens (including phenoxy) is 1. The van der Waals surface area contributed by atoms with Crippen molar-refractivity contribution in [2.75, 3.05) is 7.05 Å². The molecule has 8 heteroatoms. The van der Waals surface area contributed by atoms with E-state index < -0.39 is 6.09 Å². The van der Waals surface area contributed by atoms with Crippen LogP contribution in [0.25, 0.3) is 10.9 Å². The van der Waals surface area contributed by atoms with Gasteiger partial charge < -0.3 is 15.4 Å². The number of hydrogen-bond donors (Lipinski definition) is 2. The van der Waals surface area contributed by atoms with E-state index in [1.165, 1.54) is 17.7 Å². The van der Waals surface area contributed by atoms with Gasteiger partial charge in [-0.1, -0.05) is 49.4 Å². The lowest BCUT2D eigenvalue weighted by Crippen LogP contribution is -2.28. The number of nitrogens with one attached hydrogen (secondary N) is 2. The van der Waals surface area contributed by atoms with E-state index in [0.29, 0.717) is 29.1 Å². The summed E-state index contributed by atoms with van der Waals surface area (Å²) >= 11 is 0. The molecule has 0 radical (unpaired) electrons. The molecular weight excluding hydrogens is 468 g/mol. The maximum Gasteiger partial charge on any atom is 0.418 e. The average Bonchev–Trinajstić information content (AvgIpc) is 3.42. The van der Waals surface area contributed by atoms with E-state index in [4.69, 9.17) is 4.74 Å². The molecule has 2 aromatic heterocycles. The van der Waals surface area contributed by atoms with Crippen molar-refractivity contribution >= 4 is 28.8 Å². The van der Waals surface area contributed by atoms with Gasteiger partial charge in [-0.2, -0.15) is 0 Å². The molecule has 1 saturated carbocycles. The largest absolute Gasteiger partial charge is 0.444 e. The molecule has 1 aliphatic rings. The topological polar surface area (TPSA) is 102 Å². The quantitative estimate of drug-likeness (QED) is 0.397. The molecule has 8 nitrogen and oxygen atoms in total. The first-order valence-electron chi connectivity index (χ1n) is 12.3. The lowest BCUT2D eigenvalue weighted by Gasteiger charge is -2.11. The van der Waals surface area contributed by atoms with Crippen molar-refractivity contribution < 1.29 is 19.1 Å². The van der Waals surface area contributed by atoms with Crippen LogP contribution in [0.3, 0.4) is 0 Å². The van der Waals surface area contributed by atoms with E-state index in [0.717, 1.165) is 22.9 Å². The summed E-state index contributed by atoms with van der Waals surface area (Å²) in [6.45, 7) is 2.27. The highest BCUT2D eigenvalue weighted by molar-refractivity contribution is 5.99. The average molecular weight is 497 g/mol. The molecule has 2 aromatic carbocycles. The van der Waals surface area contributed by atoms with E-state index >= 15 is 0 Å². The van der Waals surface area contributed by atoms with Gasteiger partial charge in [0, 0.05) is 42.4 Å². The Morgan fingerprint density at radius 1 is 1.03 bits per heavy atom. The van der Waals surface area contributed by atoms with Crippen LogP contribution in [0, 0.1) is 5.92 Å². The van der Waals surface area contributed by atoms with Gasteiger partial charge in [-0.15, -0.1) is 0 Å². The first-order valence-corrected chi connectivity index (χ1v) is 12.3. The van der Waals surface area contributed by atoms with Crippen LogP contribution >= 0.6 is 0 Å². The monoisotopic (exact) mass is 496 g/mol. The van der Waals surface area contributed by atoms with Crippen LogP contribution in [0.2, 0.25) is 0 Å². The smallest absolute Gasteiger partial charge is 0.418 e. The van der Waals surface area contributed by atoms with Crippen molar-refractivity contribution in [3.63, 3.8) is 0 Å². The van der Waals surface area contributed by atoms with Gasteiger partial charge >= 0.3 is 6.09 Å². The van der Waals surface area contributed by atoms with Crippen LogP contribution in [0.4, 0.5) is 4.79 Å². The summed E-state index contributed by atoms with van der Waals surface area (Å²) in [6, 6.07) is 20.4. The third kappa shape index (κ3) is 5.38. The standard InChI is InChI=1S/C29H28N4O4/c1-18-13-24(18)32-27(34)21-15-22(31-25(16-21)28(35)30-2)14-20-9-6-10-26-23(20)11-12-33(26)29(36)37-17-19-7-4-3-5-8-19/h3-12,15-16,18,24H,13-14,17H2,1-2H3,(H,30,35)(H,32,34)/t18-,24-/m0/s1. The Hall–Kier alpha value is -4.46. The summed E-state index contributed by atoms with van der Waals surface area (Å²) in [4.78, 5) is 42.5. The Morgan fingerprint density at radius 2 is 1.81 bits per heavy atom. The molecule has 0 unspecified atom stereocenters. The van der Waals surface area contributed by atoms with E-state index in [1.54, 1.807) is 12.3 Å². The van der Waals surface area contributed by atoms with Crippen LogP contribution in [0.5, 0.6) is 0 Å². The van der Waals surface area contributed by atoms with Gasteiger partial charge in [-0.05, 0) is 47.7 Å². The third-order valence-electron chi connectivity index (χ3n) is 6.62. The highest BCUT2D eigenvalue weighted by atomic mass is 16.5. The molecule has 4 aromatic rings. The Bertz CT molecular complexity index is 1480. The fraction of sp³-hybridized carbons (Fsp3) is 0.241. The molecule has 1 aliphatic carbocycles. The molecule has 37 heavy (non-hydrogen) atoms. The summed E-state index contributed by atoms with van der Waals surface area (Å²) in [5.74, 6) is -0.112. The van der Waals surface area contributed by atoms with E-state index in [9.17, 15) is 14.4 Å². The SMILES string of the molecule is CNC(=O)c1cc(C(=O)N[C@H]2C[C@@H]2C)cc(Cc2cccc3c2ccn3C(=O)OCc2ccccc2)n1. The molecule has 0 spiro atoms. The minimum atomic E-state index is -0.469. The van der Waals surface area contributed by atoms with Gasteiger partial charge in [0.1, 0.15) is 12.3 Å². The Balaban J connectivity index is 1.40. The normalized spacial score (nSPS) is 16.3. The summed E-state index contributed by atoms with van der Waals surface area (Å²) in [7, 11) is 1.53. The number of pyridine rings is 1. The fourth-order valence-electron chi connectivity index (χ4n) is 4.36. The summed E-state index contributed by atoms with van der Waals surface area (Å²) < 4.78 is 6.98. The third-order valence-corrected chi connectivity index (χ3v) is 6.62. The minimum absolute atomic E-state index is 0.169. The number of nitrogens with zero attached hydrogens (tertiary/aromatic N) is 2. The van der Waals surface area contributed by atoms with Gasteiger partial charge in [0.2, 0.25) is 0 Å². The number of benzene rings is 2. The maximum atomic E-state index is 12.8. The first kappa shape index (κ1) is 24.2. The molecule has 0 bridgehead atoms. The Kier molecular flexibility index (Phi) is 6.72. The van der Waals surface area contributed by atoms with E-state index in [2.05, 4.69) is 22.5 Å². The first-order chi connectivity index (χ1) is 17.9. The minimum Gasteiger partial charge on any atom is -0.444 e. The van der Waals surface area contributed by atoms with Gasteiger partial charge in [0.25, 0.3) is 11.8 Å². The highest BCUT2D eigenvalue weighted by Gasteiger charge is 2.34. The van der Waals surface area contributed by atoms with Crippen molar-refractivity contribution in [3.05, 3.63) is 101 Å². The predicted molar refractivity (Wildman–Crippen MR) is 139 cm³/mol. The van der Waals surface area contributed by atoms with Gasteiger partial charge in [0.15, 0.2) is 0 Å². The van der Waals surface area contributed by atoms with Crippen LogP contribution in [0.1, 0.15) is 51.0 Å². The highest BCUT2D eigenvalue weighted by Crippen LogP contribution is 2.29. The van der Waals surface area contributed by atoms with Crippen molar-refractivity contribution in [1.29, 1.82) is 0 Å². The molecule has 2 amide bonds. The number of rotatable bonds is 7. The molecule has 2 atom stereocenters. The lowest BCUT2D eigenvalue weighted by atomic mass is 10.0. The van der Waals surface area contributed by atoms with E-state index in [1.807, 2.05) is 54.6 Å². The zero-order valence-corrected chi connectivity index (χ0v) is 20.7. The molecule has 0 saturated heterocycles. The lowest BCUT2D eigenvalue weighted by molar-refractivity contribution is 0.0949. The van der Waals surface area contributed by atoms with Crippen molar-refractivity contribution in [2.24, 2.45) is 5.92 Å². The zero-order valence-electron chi connectivity index (χ0n) is 20.7. The zero-order chi connectivity index (χ0) is 25.9. The molecule has 2 heterocycles. The van der Waals surface area contributed by atoms with Crippen LogP contribution in [-0.4, -0.2) is 40.5 Å². The second-order valence-electron chi connectivity index (χ2n) is 9.36. The van der Waals surface area contributed by atoms with Crippen LogP contribution in [0.15, 0.2) is 72.9 Å². The van der Waals surface area contributed by atoms with Gasteiger partial charge in [-0.25, -0.2) is 9.78 Å².